The summed E-state index contributed by atoms with van der Waals surface area (Å²) in [6.07, 6.45) is 0.448. The molecule has 1 amide bonds. The third-order valence-electron chi connectivity index (χ3n) is 2.96. The molecule has 0 unspecified atom stereocenters. The number of carboxylic acids is 1. The quantitative estimate of drug-likeness (QED) is 0.775. The molecule has 0 heterocycles. The molecule has 0 saturated carbocycles. The van der Waals surface area contributed by atoms with Crippen molar-refractivity contribution >= 4 is 23.6 Å². The molecule has 116 valence electrons. The summed E-state index contributed by atoms with van der Waals surface area (Å²) in [4.78, 5) is 22.9. The Labute approximate surface area is 130 Å². The maximum absolute atomic E-state index is 11.8. The van der Waals surface area contributed by atoms with Crippen molar-refractivity contribution in [3.05, 3.63) is 35.4 Å². The normalized spacial score (nSPS) is 12.2. The fourth-order valence-electron chi connectivity index (χ4n) is 1.87. The fraction of sp³-hybridized carbons (Fsp3) is 0.500. The monoisotopic (exact) mass is 309 g/mol. The molecule has 1 rings (SSSR count). The van der Waals surface area contributed by atoms with Crippen molar-refractivity contribution in [2.75, 3.05) is 5.75 Å². The van der Waals surface area contributed by atoms with Gasteiger partial charge in [0.1, 0.15) is 6.04 Å². The Morgan fingerprint density at radius 2 is 1.86 bits per heavy atom. The molecule has 0 fully saturated rings. The van der Waals surface area contributed by atoms with Crippen LogP contribution in [0.2, 0.25) is 0 Å². The smallest absolute Gasteiger partial charge is 0.326 e. The molecule has 0 spiro atoms. The predicted octanol–water partition coefficient (Wildman–Crippen LogP) is 2.84. The number of hydrogen-bond acceptors (Lipinski definition) is 3. The number of carbonyl (C=O) groups is 2. The van der Waals surface area contributed by atoms with Gasteiger partial charge in [-0.05, 0) is 24.8 Å². The average Bonchev–Trinajstić information content (AvgIpc) is 2.39. The lowest BCUT2D eigenvalue weighted by Crippen LogP contribution is -2.42. The summed E-state index contributed by atoms with van der Waals surface area (Å²) in [7, 11) is 0. The molecule has 21 heavy (non-hydrogen) atoms. The highest BCUT2D eigenvalue weighted by Crippen LogP contribution is 2.13. The number of nitrogens with one attached hydrogen (secondary N) is 1. The van der Waals surface area contributed by atoms with Gasteiger partial charge < -0.3 is 10.4 Å². The zero-order valence-electron chi connectivity index (χ0n) is 12.8. The highest BCUT2D eigenvalue weighted by Gasteiger charge is 2.20. The molecule has 2 N–H and O–H groups in total. The van der Waals surface area contributed by atoms with Crippen LogP contribution in [0.4, 0.5) is 0 Å². The molecule has 1 aromatic carbocycles. The molecule has 1 atom stereocenters. The first kappa shape index (κ1) is 17.6. The van der Waals surface area contributed by atoms with Gasteiger partial charge in [-0.2, -0.15) is 0 Å². The van der Waals surface area contributed by atoms with Crippen LogP contribution in [0.5, 0.6) is 0 Å². The number of thioether (sulfide) groups is 1. The molecular weight excluding hydrogens is 286 g/mol. The second-order valence-corrected chi connectivity index (χ2v) is 6.55. The van der Waals surface area contributed by atoms with Gasteiger partial charge in [0.05, 0.1) is 5.75 Å². The van der Waals surface area contributed by atoms with Gasteiger partial charge in [-0.3, -0.25) is 4.79 Å². The Morgan fingerprint density at radius 1 is 1.24 bits per heavy atom. The highest BCUT2D eigenvalue weighted by molar-refractivity contribution is 7.99. The summed E-state index contributed by atoms with van der Waals surface area (Å²) >= 11 is 1.49. The lowest BCUT2D eigenvalue weighted by atomic mass is 10.0. The van der Waals surface area contributed by atoms with E-state index in [0.717, 1.165) is 11.3 Å². The number of rotatable bonds is 8. The van der Waals surface area contributed by atoms with Crippen LogP contribution < -0.4 is 5.32 Å². The molecule has 0 radical (unpaired) electrons. The minimum Gasteiger partial charge on any atom is -0.480 e. The van der Waals surface area contributed by atoms with Crippen LogP contribution in [0.25, 0.3) is 0 Å². The minimum absolute atomic E-state index is 0.222. The van der Waals surface area contributed by atoms with Gasteiger partial charge in [0, 0.05) is 5.75 Å². The first-order valence-electron chi connectivity index (χ1n) is 7.04. The summed E-state index contributed by atoms with van der Waals surface area (Å²) in [6, 6.07) is 7.37. The van der Waals surface area contributed by atoms with Crippen LogP contribution >= 0.6 is 11.8 Å². The van der Waals surface area contributed by atoms with Crippen molar-refractivity contribution in [2.24, 2.45) is 5.92 Å². The van der Waals surface area contributed by atoms with E-state index in [4.69, 9.17) is 5.11 Å². The van der Waals surface area contributed by atoms with Crippen molar-refractivity contribution < 1.29 is 14.7 Å². The van der Waals surface area contributed by atoms with Crippen LogP contribution in [-0.4, -0.2) is 28.8 Å². The Bertz CT molecular complexity index is 471. The molecule has 4 nitrogen and oxygen atoms in total. The van der Waals surface area contributed by atoms with Crippen molar-refractivity contribution in [2.45, 2.75) is 39.0 Å². The van der Waals surface area contributed by atoms with E-state index in [1.54, 1.807) is 0 Å². The van der Waals surface area contributed by atoms with Gasteiger partial charge in [0.15, 0.2) is 0 Å². The molecule has 0 aliphatic rings. The Morgan fingerprint density at radius 3 is 2.38 bits per heavy atom. The van der Waals surface area contributed by atoms with Gasteiger partial charge in [0.2, 0.25) is 5.91 Å². The second kappa shape index (κ2) is 8.72. The van der Waals surface area contributed by atoms with Crippen LogP contribution in [0.1, 0.15) is 31.4 Å². The highest BCUT2D eigenvalue weighted by atomic mass is 32.2. The van der Waals surface area contributed by atoms with E-state index in [9.17, 15) is 9.59 Å². The van der Waals surface area contributed by atoms with Crippen molar-refractivity contribution in [3.63, 3.8) is 0 Å². The average molecular weight is 309 g/mol. The second-order valence-electron chi connectivity index (χ2n) is 5.57. The number of hydrogen-bond donors (Lipinski definition) is 2. The summed E-state index contributed by atoms with van der Waals surface area (Å²) in [5.74, 6) is 0.0538. The lowest BCUT2D eigenvalue weighted by Gasteiger charge is -2.16. The molecule has 1 aromatic rings. The molecular formula is C16H23NO3S. The fourth-order valence-corrected chi connectivity index (χ4v) is 2.67. The predicted molar refractivity (Wildman–Crippen MR) is 86.4 cm³/mol. The van der Waals surface area contributed by atoms with Crippen molar-refractivity contribution in [1.29, 1.82) is 0 Å². The summed E-state index contributed by atoms with van der Waals surface area (Å²) in [5, 5.41) is 11.7. The van der Waals surface area contributed by atoms with Crippen LogP contribution in [0.3, 0.4) is 0 Å². The van der Waals surface area contributed by atoms with E-state index in [1.165, 1.54) is 17.3 Å². The van der Waals surface area contributed by atoms with Crippen LogP contribution in [0, 0.1) is 12.8 Å². The van der Waals surface area contributed by atoms with Gasteiger partial charge in [-0.15, -0.1) is 11.8 Å². The van der Waals surface area contributed by atoms with E-state index < -0.39 is 12.0 Å². The van der Waals surface area contributed by atoms with Crippen LogP contribution in [-0.2, 0) is 15.3 Å². The summed E-state index contributed by atoms with van der Waals surface area (Å²) < 4.78 is 0. The SMILES string of the molecule is Cc1ccc(CSCC(=O)N[C@@H](CC(C)C)C(=O)O)cc1. The molecule has 0 aliphatic carbocycles. The number of aryl methyl sites for hydroxylation is 1. The number of benzene rings is 1. The maximum Gasteiger partial charge on any atom is 0.326 e. The van der Waals surface area contributed by atoms with Gasteiger partial charge in [0.25, 0.3) is 0 Å². The number of amides is 1. The molecule has 0 aliphatic heterocycles. The Balaban J connectivity index is 2.35. The van der Waals surface area contributed by atoms with Gasteiger partial charge >= 0.3 is 5.97 Å². The topological polar surface area (TPSA) is 66.4 Å². The largest absolute Gasteiger partial charge is 0.480 e. The molecule has 0 saturated heterocycles. The van der Waals surface area contributed by atoms with Crippen molar-refractivity contribution in [3.8, 4) is 0 Å². The van der Waals surface area contributed by atoms with E-state index in [0.29, 0.717) is 6.42 Å². The Kier molecular flexibility index (Phi) is 7.29. The van der Waals surface area contributed by atoms with E-state index >= 15 is 0 Å². The van der Waals surface area contributed by atoms with E-state index in [-0.39, 0.29) is 17.6 Å². The summed E-state index contributed by atoms with van der Waals surface area (Å²) in [5.41, 5.74) is 2.37. The first-order valence-corrected chi connectivity index (χ1v) is 8.19. The number of carboxylic acid groups (broad SMARTS) is 1. The van der Waals surface area contributed by atoms with Crippen LogP contribution in [0.15, 0.2) is 24.3 Å². The minimum atomic E-state index is -0.972. The zero-order chi connectivity index (χ0) is 15.8. The standard InChI is InChI=1S/C16H23NO3S/c1-11(2)8-14(16(19)20)17-15(18)10-21-9-13-6-4-12(3)5-7-13/h4-7,11,14H,8-10H2,1-3H3,(H,17,18)(H,19,20)/t14-/m0/s1. The summed E-state index contributed by atoms with van der Waals surface area (Å²) in [6.45, 7) is 5.91. The van der Waals surface area contributed by atoms with Crippen molar-refractivity contribution in [1.82, 2.24) is 5.32 Å². The van der Waals surface area contributed by atoms with Gasteiger partial charge in [-0.25, -0.2) is 4.79 Å². The third kappa shape index (κ3) is 7.18. The Hall–Kier alpha value is -1.49. The van der Waals surface area contributed by atoms with E-state index in [2.05, 4.69) is 5.32 Å². The first-order chi connectivity index (χ1) is 9.88. The number of aliphatic carboxylic acids is 1. The maximum atomic E-state index is 11.8. The lowest BCUT2D eigenvalue weighted by molar-refractivity contribution is -0.141. The molecule has 0 aromatic heterocycles. The molecule has 5 heteroatoms. The molecule has 0 bridgehead atoms. The van der Waals surface area contributed by atoms with E-state index in [1.807, 2.05) is 45.0 Å². The zero-order valence-corrected chi connectivity index (χ0v) is 13.6. The number of carbonyl (C=O) groups excluding carboxylic acids is 1. The van der Waals surface area contributed by atoms with Gasteiger partial charge in [-0.1, -0.05) is 43.7 Å². The third-order valence-corrected chi connectivity index (χ3v) is 3.97.